The number of aryl methyl sites for hydroxylation is 1. The van der Waals surface area contributed by atoms with Gasteiger partial charge in [-0.15, -0.1) is 0 Å². The van der Waals surface area contributed by atoms with Crippen molar-refractivity contribution in [1.82, 2.24) is 19.5 Å². The second kappa shape index (κ2) is 7.66. The summed E-state index contributed by atoms with van der Waals surface area (Å²) in [5, 5.41) is 4.81. The van der Waals surface area contributed by atoms with Crippen molar-refractivity contribution in [2.45, 2.75) is 6.18 Å². The normalized spacial score (nSPS) is 11.8. The van der Waals surface area contributed by atoms with Crippen molar-refractivity contribution in [2.24, 2.45) is 7.05 Å². The Morgan fingerprint density at radius 3 is 1.75 bits per heavy atom. The average Bonchev–Trinajstić information content (AvgIpc) is 3.05. The van der Waals surface area contributed by atoms with Crippen molar-refractivity contribution in [2.75, 3.05) is 10.6 Å². The van der Waals surface area contributed by atoms with Gasteiger partial charge in [-0.1, -0.05) is 12.1 Å². The number of hydrogen-bond acceptors (Lipinski definition) is 5. The fourth-order valence-electron chi connectivity index (χ4n) is 2.88. The van der Waals surface area contributed by atoms with Crippen molar-refractivity contribution in [3.63, 3.8) is 0 Å². The van der Waals surface area contributed by atoms with Gasteiger partial charge < -0.3 is 15.2 Å². The minimum Gasteiger partial charge on any atom is -0.335 e. The lowest BCUT2D eigenvalue weighted by Gasteiger charge is -2.14. The molecule has 2 N–H and O–H groups in total. The quantitative estimate of drug-likeness (QED) is 0.401. The van der Waals surface area contributed by atoms with E-state index in [1.165, 1.54) is 12.1 Å². The molecule has 4 aromatic rings. The predicted molar refractivity (Wildman–Crippen MR) is 101 cm³/mol. The summed E-state index contributed by atoms with van der Waals surface area (Å²) >= 11 is 0. The Morgan fingerprint density at radius 1 is 0.750 bits per heavy atom. The molecule has 0 saturated carbocycles. The fraction of sp³-hybridized carbons (Fsp3) is 0.105. The van der Waals surface area contributed by atoms with Gasteiger partial charge in [0.1, 0.15) is 0 Å². The Morgan fingerprint density at radius 2 is 1.25 bits per heavy atom. The van der Waals surface area contributed by atoms with Crippen LogP contribution in [0.1, 0.15) is 5.82 Å². The molecule has 0 bridgehead atoms. The summed E-state index contributed by atoms with van der Waals surface area (Å²) < 4.78 is 95.7. The number of anilines is 4. The molecule has 166 valence electrons. The molecule has 0 spiro atoms. The van der Waals surface area contributed by atoms with E-state index >= 15 is 0 Å². The zero-order valence-electron chi connectivity index (χ0n) is 15.9. The number of rotatable bonds is 4. The Kier molecular flexibility index (Phi) is 5.11. The predicted octanol–water partition coefficient (Wildman–Crippen LogP) is 5.43. The molecule has 0 fully saturated rings. The first-order valence-electron chi connectivity index (χ1n) is 8.80. The second-order valence-electron chi connectivity index (χ2n) is 6.51. The highest BCUT2D eigenvalue weighted by molar-refractivity contribution is 5.80. The van der Waals surface area contributed by atoms with Gasteiger partial charge in [0.2, 0.25) is 5.82 Å². The van der Waals surface area contributed by atoms with Gasteiger partial charge >= 0.3 is 6.18 Å². The Bertz CT molecular complexity index is 1330. The molecule has 2 aromatic carbocycles. The SMILES string of the molecule is Cn1c(C(F)(F)F)nc2nc(Nc3cccc(F)c3F)c(Nc3cccc(F)c3F)nc21. The van der Waals surface area contributed by atoms with Crippen LogP contribution in [0.5, 0.6) is 0 Å². The Hall–Kier alpha value is -3.90. The maximum atomic E-state index is 14.1. The molecule has 0 unspecified atom stereocenters. The van der Waals surface area contributed by atoms with Gasteiger partial charge in [-0.05, 0) is 24.3 Å². The molecular formula is C19H11F7N6. The van der Waals surface area contributed by atoms with Gasteiger partial charge in [0.15, 0.2) is 46.2 Å². The molecule has 0 amide bonds. The monoisotopic (exact) mass is 456 g/mol. The molecule has 13 heteroatoms. The van der Waals surface area contributed by atoms with E-state index in [1.54, 1.807) is 0 Å². The van der Waals surface area contributed by atoms with Crippen LogP contribution >= 0.6 is 0 Å². The zero-order chi connectivity index (χ0) is 23.2. The summed E-state index contributed by atoms with van der Waals surface area (Å²) in [7, 11) is 1.04. The molecule has 2 heterocycles. The molecule has 32 heavy (non-hydrogen) atoms. The van der Waals surface area contributed by atoms with Crippen LogP contribution in [0.4, 0.5) is 53.7 Å². The van der Waals surface area contributed by atoms with Gasteiger partial charge in [-0.2, -0.15) is 13.2 Å². The number of imidazole rings is 1. The summed E-state index contributed by atoms with van der Waals surface area (Å²) in [5.41, 5.74) is -1.65. The molecule has 0 radical (unpaired) electrons. The lowest BCUT2D eigenvalue weighted by atomic mass is 10.2. The van der Waals surface area contributed by atoms with Crippen LogP contribution in [-0.2, 0) is 13.2 Å². The third kappa shape index (κ3) is 3.76. The third-order valence-electron chi connectivity index (χ3n) is 4.37. The molecule has 0 saturated heterocycles. The molecule has 0 aliphatic carbocycles. The van der Waals surface area contributed by atoms with Crippen LogP contribution < -0.4 is 10.6 Å². The van der Waals surface area contributed by atoms with Crippen LogP contribution in [-0.4, -0.2) is 19.5 Å². The Balaban J connectivity index is 1.89. The van der Waals surface area contributed by atoms with Crippen LogP contribution in [0.25, 0.3) is 11.3 Å². The number of fused-ring (bicyclic) bond motifs is 1. The highest BCUT2D eigenvalue weighted by Gasteiger charge is 2.37. The molecule has 0 aliphatic rings. The van der Waals surface area contributed by atoms with Crippen molar-refractivity contribution >= 4 is 34.3 Å². The first-order chi connectivity index (χ1) is 15.1. The minimum atomic E-state index is -4.83. The molecular weight excluding hydrogens is 445 g/mol. The molecule has 0 aliphatic heterocycles. The van der Waals surface area contributed by atoms with E-state index in [1.807, 2.05) is 0 Å². The lowest BCUT2D eigenvalue weighted by molar-refractivity contribution is -0.146. The van der Waals surface area contributed by atoms with Crippen molar-refractivity contribution in [1.29, 1.82) is 0 Å². The maximum absolute atomic E-state index is 14.1. The van der Waals surface area contributed by atoms with Crippen molar-refractivity contribution in [3.8, 4) is 0 Å². The van der Waals surface area contributed by atoms with Gasteiger partial charge in [0, 0.05) is 7.05 Å². The number of benzene rings is 2. The van der Waals surface area contributed by atoms with E-state index in [4.69, 9.17) is 0 Å². The smallest absolute Gasteiger partial charge is 0.335 e. The number of aromatic nitrogens is 4. The van der Waals surface area contributed by atoms with Crippen LogP contribution in [0.3, 0.4) is 0 Å². The van der Waals surface area contributed by atoms with Gasteiger partial charge in [-0.25, -0.2) is 32.5 Å². The average molecular weight is 456 g/mol. The molecule has 6 nitrogen and oxygen atoms in total. The Labute approximate surface area is 174 Å². The van der Waals surface area contributed by atoms with E-state index in [0.717, 1.165) is 31.3 Å². The number of nitrogens with one attached hydrogen (secondary N) is 2. The summed E-state index contributed by atoms with van der Waals surface area (Å²) in [4.78, 5) is 11.3. The number of halogens is 7. The van der Waals surface area contributed by atoms with Gasteiger partial charge in [-0.3, -0.25) is 0 Å². The lowest BCUT2D eigenvalue weighted by Crippen LogP contribution is -2.12. The van der Waals surface area contributed by atoms with Gasteiger partial charge in [0.25, 0.3) is 0 Å². The summed E-state index contributed by atoms with van der Waals surface area (Å²) in [6.07, 6.45) is -4.83. The summed E-state index contributed by atoms with van der Waals surface area (Å²) in [6.45, 7) is 0. The van der Waals surface area contributed by atoms with Crippen molar-refractivity contribution in [3.05, 3.63) is 65.5 Å². The van der Waals surface area contributed by atoms with Gasteiger partial charge in [0.05, 0.1) is 11.4 Å². The highest BCUT2D eigenvalue weighted by Crippen LogP contribution is 2.33. The van der Waals surface area contributed by atoms with E-state index in [0.29, 0.717) is 4.57 Å². The van der Waals surface area contributed by atoms with Crippen molar-refractivity contribution < 1.29 is 30.7 Å². The largest absolute Gasteiger partial charge is 0.449 e. The zero-order valence-corrected chi connectivity index (χ0v) is 15.9. The summed E-state index contributed by atoms with van der Waals surface area (Å²) in [6, 6.07) is 6.34. The van der Waals surface area contributed by atoms with E-state index in [2.05, 4.69) is 25.6 Å². The maximum Gasteiger partial charge on any atom is 0.449 e. The highest BCUT2D eigenvalue weighted by atomic mass is 19.4. The van der Waals surface area contributed by atoms with E-state index in [-0.39, 0.29) is 11.5 Å². The third-order valence-corrected chi connectivity index (χ3v) is 4.37. The number of hydrogen-bond donors (Lipinski definition) is 2. The number of alkyl halides is 3. The van der Waals surface area contributed by atoms with Crippen LogP contribution in [0.2, 0.25) is 0 Å². The first-order valence-corrected chi connectivity index (χ1v) is 8.80. The van der Waals surface area contributed by atoms with E-state index in [9.17, 15) is 30.7 Å². The van der Waals surface area contributed by atoms with Crippen LogP contribution in [0.15, 0.2) is 36.4 Å². The summed E-state index contributed by atoms with van der Waals surface area (Å²) in [5.74, 6) is -7.10. The van der Waals surface area contributed by atoms with Crippen LogP contribution in [0, 0.1) is 23.3 Å². The standard InChI is InChI=1S/C19H11F7N6/c1-32-17-16(31-18(32)19(24,25)26)29-14(27-10-6-2-4-8(20)12(10)22)15(30-17)28-11-7-3-5-9(21)13(11)23/h2-7H,1H3,(H,27,29)(H,28,30). The molecule has 2 aromatic heterocycles. The first kappa shape index (κ1) is 21.3. The topological polar surface area (TPSA) is 67.7 Å². The molecule has 0 atom stereocenters. The van der Waals surface area contributed by atoms with E-state index < -0.39 is 58.1 Å². The fourth-order valence-corrected chi connectivity index (χ4v) is 2.88. The molecule has 4 rings (SSSR count). The number of nitrogens with zero attached hydrogens (tertiary/aromatic N) is 4. The minimum absolute atomic E-state index is 0.345. The second-order valence-corrected chi connectivity index (χ2v) is 6.51.